The molecule has 1 aromatic carbocycles. The van der Waals surface area contributed by atoms with E-state index in [1.54, 1.807) is 12.4 Å². The van der Waals surface area contributed by atoms with Gasteiger partial charge < -0.3 is 0 Å². The van der Waals surface area contributed by atoms with Crippen LogP contribution in [-0.2, 0) is 0 Å². The molecule has 0 aliphatic heterocycles. The second-order valence-electron chi connectivity index (χ2n) is 3.83. The van der Waals surface area contributed by atoms with Crippen LogP contribution in [-0.4, -0.2) is 4.98 Å². The normalized spacial score (nSPS) is 9.81. The van der Waals surface area contributed by atoms with Crippen LogP contribution in [0.1, 0.15) is 16.7 Å². The van der Waals surface area contributed by atoms with Gasteiger partial charge in [0.2, 0.25) is 0 Å². The van der Waals surface area contributed by atoms with Gasteiger partial charge in [-0.1, -0.05) is 18.2 Å². The van der Waals surface area contributed by atoms with Crippen LogP contribution in [0.4, 0.5) is 0 Å². The van der Waals surface area contributed by atoms with Crippen LogP contribution in [0.5, 0.6) is 0 Å². The first-order chi connectivity index (χ1) is 7.72. The number of pyridine rings is 1. The minimum absolute atomic E-state index is 0.616. The maximum atomic E-state index is 9.01. The van der Waals surface area contributed by atoms with Crippen molar-refractivity contribution in [2.24, 2.45) is 0 Å². The Hall–Kier alpha value is -2.14. The van der Waals surface area contributed by atoms with E-state index in [4.69, 9.17) is 5.26 Å². The van der Waals surface area contributed by atoms with Gasteiger partial charge in [-0.3, -0.25) is 4.98 Å². The van der Waals surface area contributed by atoms with Crippen molar-refractivity contribution in [1.82, 2.24) is 4.98 Å². The number of rotatable bonds is 1. The summed E-state index contributed by atoms with van der Waals surface area (Å²) in [4.78, 5) is 3.96. The molecule has 0 atom stereocenters. The van der Waals surface area contributed by atoms with E-state index in [0.717, 1.165) is 11.1 Å². The number of nitriles is 1. The Morgan fingerprint density at radius 2 is 1.94 bits per heavy atom. The van der Waals surface area contributed by atoms with Gasteiger partial charge in [-0.15, -0.1) is 0 Å². The van der Waals surface area contributed by atoms with E-state index in [0.29, 0.717) is 5.56 Å². The molecule has 0 bridgehead atoms. The van der Waals surface area contributed by atoms with Crippen LogP contribution in [0.3, 0.4) is 0 Å². The highest BCUT2D eigenvalue weighted by atomic mass is 14.6. The molecule has 0 unspecified atom stereocenters. The highest BCUT2D eigenvalue weighted by Gasteiger charge is 2.05. The van der Waals surface area contributed by atoms with E-state index >= 15 is 0 Å². The van der Waals surface area contributed by atoms with Crippen molar-refractivity contribution in [3.63, 3.8) is 0 Å². The van der Waals surface area contributed by atoms with Crippen molar-refractivity contribution in [1.29, 1.82) is 5.26 Å². The number of aryl methyl sites for hydroxylation is 2. The van der Waals surface area contributed by atoms with Gasteiger partial charge >= 0.3 is 0 Å². The maximum Gasteiger partial charge on any atom is 0.101 e. The fourth-order valence-corrected chi connectivity index (χ4v) is 1.64. The number of aromatic nitrogens is 1. The third-order valence-corrected chi connectivity index (χ3v) is 2.76. The summed E-state index contributed by atoms with van der Waals surface area (Å²) in [6.45, 7) is 4.16. The molecule has 2 nitrogen and oxygen atoms in total. The van der Waals surface area contributed by atoms with Gasteiger partial charge in [-0.25, -0.2) is 0 Å². The lowest BCUT2D eigenvalue weighted by atomic mass is 9.98. The van der Waals surface area contributed by atoms with Crippen molar-refractivity contribution >= 4 is 0 Å². The average molecular weight is 208 g/mol. The highest BCUT2D eigenvalue weighted by Crippen LogP contribution is 2.24. The van der Waals surface area contributed by atoms with Crippen molar-refractivity contribution < 1.29 is 0 Å². The van der Waals surface area contributed by atoms with E-state index in [1.807, 2.05) is 12.1 Å². The summed E-state index contributed by atoms with van der Waals surface area (Å²) in [5.41, 5.74) is 5.13. The molecule has 0 fully saturated rings. The largest absolute Gasteiger partial charge is 0.263 e. The molecule has 0 amide bonds. The Bertz CT molecular complexity index is 565. The highest BCUT2D eigenvalue weighted by molar-refractivity contribution is 5.70. The second-order valence-corrected chi connectivity index (χ2v) is 3.83. The summed E-state index contributed by atoms with van der Waals surface area (Å²) in [5, 5.41) is 9.01. The summed E-state index contributed by atoms with van der Waals surface area (Å²) in [7, 11) is 0. The zero-order valence-electron chi connectivity index (χ0n) is 9.36. The Morgan fingerprint density at radius 1 is 1.12 bits per heavy atom. The van der Waals surface area contributed by atoms with Gasteiger partial charge in [0, 0.05) is 18.0 Å². The minimum Gasteiger partial charge on any atom is -0.263 e. The minimum atomic E-state index is 0.616. The molecule has 2 aromatic rings. The van der Waals surface area contributed by atoms with Crippen molar-refractivity contribution in [2.75, 3.05) is 0 Å². The van der Waals surface area contributed by atoms with Gasteiger partial charge in [0.05, 0.1) is 5.56 Å². The molecule has 0 radical (unpaired) electrons. The molecule has 0 N–H and O–H groups in total. The van der Waals surface area contributed by atoms with E-state index in [2.05, 4.69) is 37.0 Å². The zero-order valence-corrected chi connectivity index (χ0v) is 9.36. The van der Waals surface area contributed by atoms with Gasteiger partial charge in [-0.05, 0) is 36.6 Å². The first kappa shape index (κ1) is 10.4. The van der Waals surface area contributed by atoms with Crippen LogP contribution in [0, 0.1) is 25.2 Å². The molecule has 78 valence electrons. The van der Waals surface area contributed by atoms with Crippen LogP contribution in [0.15, 0.2) is 36.7 Å². The molecule has 0 spiro atoms. The SMILES string of the molecule is Cc1ccc(-c2ccncc2C#N)cc1C. The summed E-state index contributed by atoms with van der Waals surface area (Å²) in [6.07, 6.45) is 3.32. The van der Waals surface area contributed by atoms with Crippen LogP contribution < -0.4 is 0 Å². The summed E-state index contributed by atoms with van der Waals surface area (Å²) < 4.78 is 0. The van der Waals surface area contributed by atoms with Gasteiger partial charge in [0.1, 0.15) is 6.07 Å². The predicted molar refractivity (Wildman–Crippen MR) is 63.9 cm³/mol. The van der Waals surface area contributed by atoms with Gasteiger partial charge in [-0.2, -0.15) is 5.26 Å². The molecule has 16 heavy (non-hydrogen) atoms. The Morgan fingerprint density at radius 3 is 2.62 bits per heavy atom. The smallest absolute Gasteiger partial charge is 0.101 e. The van der Waals surface area contributed by atoms with E-state index < -0.39 is 0 Å². The number of benzene rings is 1. The molecular weight excluding hydrogens is 196 g/mol. The summed E-state index contributed by atoms with van der Waals surface area (Å²) >= 11 is 0. The lowest BCUT2D eigenvalue weighted by molar-refractivity contribution is 1.29. The van der Waals surface area contributed by atoms with E-state index in [-0.39, 0.29) is 0 Å². The third kappa shape index (κ3) is 1.80. The first-order valence-corrected chi connectivity index (χ1v) is 5.14. The molecule has 0 aliphatic carbocycles. The number of hydrogen-bond acceptors (Lipinski definition) is 2. The van der Waals surface area contributed by atoms with Crippen molar-refractivity contribution in [3.05, 3.63) is 53.3 Å². The van der Waals surface area contributed by atoms with Crippen molar-refractivity contribution in [3.8, 4) is 17.2 Å². The molecule has 1 aromatic heterocycles. The standard InChI is InChI=1S/C14H12N2/c1-10-3-4-12(7-11(10)2)14-5-6-16-9-13(14)8-15/h3-7,9H,1-2H3. The fraction of sp³-hybridized carbons (Fsp3) is 0.143. The van der Waals surface area contributed by atoms with Crippen LogP contribution in [0.25, 0.3) is 11.1 Å². The molecule has 1 heterocycles. The topological polar surface area (TPSA) is 36.7 Å². The molecule has 0 saturated heterocycles. The average Bonchev–Trinajstić information content (AvgIpc) is 2.32. The van der Waals surface area contributed by atoms with Crippen LogP contribution in [0.2, 0.25) is 0 Å². The third-order valence-electron chi connectivity index (χ3n) is 2.76. The van der Waals surface area contributed by atoms with E-state index in [9.17, 15) is 0 Å². The summed E-state index contributed by atoms with van der Waals surface area (Å²) in [5.74, 6) is 0. The monoisotopic (exact) mass is 208 g/mol. The number of nitrogens with zero attached hydrogens (tertiary/aromatic N) is 2. The molecular formula is C14H12N2. The molecule has 0 aliphatic rings. The molecule has 2 heteroatoms. The maximum absolute atomic E-state index is 9.01. The Balaban J connectivity index is 2.60. The summed E-state index contributed by atoms with van der Waals surface area (Å²) in [6, 6.07) is 10.3. The number of hydrogen-bond donors (Lipinski definition) is 0. The van der Waals surface area contributed by atoms with Gasteiger partial charge in [0.15, 0.2) is 0 Å². The fourth-order valence-electron chi connectivity index (χ4n) is 1.64. The van der Waals surface area contributed by atoms with Gasteiger partial charge in [0.25, 0.3) is 0 Å². The Labute approximate surface area is 95.2 Å². The van der Waals surface area contributed by atoms with Crippen LogP contribution >= 0.6 is 0 Å². The zero-order chi connectivity index (χ0) is 11.5. The molecule has 2 rings (SSSR count). The quantitative estimate of drug-likeness (QED) is 0.721. The Kier molecular flexibility index (Phi) is 2.70. The first-order valence-electron chi connectivity index (χ1n) is 5.14. The van der Waals surface area contributed by atoms with E-state index in [1.165, 1.54) is 11.1 Å². The second kappa shape index (κ2) is 4.16. The van der Waals surface area contributed by atoms with Crippen molar-refractivity contribution in [2.45, 2.75) is 13.8 Å². The molecule has 0 saturated carbocycles. The predicted octanol–water partition coefficient (Wildman–Crippen LogP) is 3.24. The lowest BCUT2D eigenvalue weighted by Crippen LogP contribution is -1.88. The lowest BCUT2D eigenvalue weighted by Gasteiger charge is -2.06.